The van der Waals surface area contributed by atoms with Crippen molar-refractivity contribution < 1.29 is 19.1 Å². The van der Waals surface area contributed by atoms with Crippen LogP contribution in [-0.2, 0) is 15.3 Å². The minimum Gasteiger partial charge on any atom is -0.449 e. The molecule has 9 heteroatoms. The summed E-state index contributed by atoms with van der Waals surface area (Å²) in [7, 11) is 0. The molecule has 2 rings (SSSR count). The Balaban J connectivity index is 1.98. The van der Waals surface area contributed by atoms with Gasteiger partial charge in [-0.15, -0.1) is 23.1 Å². The van der Waals surface area contributed by atoms with E-state index in [1.165, 1.54) is 30.0 Å². The number of nitrogens with zero attached hydrogens (tertiary/aromatic N) is 1. The Hall–Kier alpha value is -2.39. The van der Waals surface area contributed by atoms with Gasteiger partial charge in [0.1, 0.15) is 0 Å². The number of thioether (sulfide) groups is 1. The Morgan fingerprint density at radius 2 is 2.08 bits per heavy atom. The number of nitrogens with one attached hydrogen (secondary N) is 2. The smallest absolute Gasteiger partial charge is 0.340 e. The largest absolute Gasteiger partial charge is 0.449 e. The summed E-state index contributed by atoms with van der Waals surface area (Å²) in [6, 6.07) is 6.38. The third-order valence-corrected chi connectivity index (χ3v) is 4.94. The number of ether oxygens (including phenoxy) is 1. The summed E-state index contributed by atoms with van der Waals surface area (Å²) in [5, 5.41) is 6.50. The maximum absolute atomic E-state index is 12.4. The van der Waals surface area contributed by atoms with Gasteiger partial charge in [-0.05, 0) is 26.0 Å². The Bertz CT molecular complexity index is 765. The van der Waals surface area contributed by atoms with E-state index in [4.69, 9.17) is 4.74 Å². The van der Waals surface area contributed by atoms with Crippen LogP contribution in [0.4, 0.5) is 4.79 Å². The highest BCUT2D eigenvalue weighted by Gasteiger charge is 2.22. The number of benzene rings is 1. The van der Waals surface area contributed by atoms with Crippen LogP contribution in [0.1, 0.15) is 29.9 Å². The van der Waals surface area contributed by atoms with E-state index in [0.29, 0.717) is 17.9 Å². The van der Waals surface area contributed by atoms with E-state index in [1.807, 2.05) is 17.5 Å². The second-order valence-electron chi connectivity index (χ2n) is 5.16. The van der Waals surface area contributed by atoms with Crippen molar-refractivity contribution in [1.29, 1.82) is 0 Å². The van der Waals surface area contributed by atoms with Crippen LogP contribution < -0.4 is 10.6 Å². The number of hydrogen-bond acceptors (Lipinski definition) is 7. The second-order valence-corrected chi connectivity index (χ2v) is 6.90. The molecule has 0 aliphatic heterocycles. The molecule has 3 amide bonds. The van der Waals surface area contributed by atoms with Gasteiger partial charge < -0.3 is 10.1 Å². The van der Waals surface area contributed by atoms with Gasteiger partial charge >= 0.3 is 12.0 Å². The summed E-state index contributed by atoms with van der Waals surface area (Å²) in [6.07, 6.45) is -1.10. The molecule has 1 heterocycles. The fourth-order valence-electron chi connectivity index (χ4n) is 1.92. The van der Waals surface area contributed by atoms with Gasteiger partial charge in [-0.1, -0.05) is 12.1 Å². The number of thiazole rings is 1. The van der Waals surface area contributed by atoms with E-state index in [9.17, 15) is 14.4 Å². The molecule has 0 saturated carbocycles. The van der Waals surface area contributed by atoms with E-state index < -0.39 is 24.0 Å². The predicted molar refractivity (Wildman–Crippen MR) is 100 cm³/mol. The monoisotopic (exact) mass is 393 g/mol. The molecule has 0 aliphatic carbocycles. The Kier molecular flexibility index (Phi) is 7.61. The number of carbonyl (C=O) groups is 3. The first-order chi connectivity index (χ1) is 12.5. The first kappa shape index (κ1) is 19.9. The van der Waals surface area contributed by atoms with Gasteiger partial charge in [-0.25, -0.2) is 14.6 Å². The molecule has 1 aromatic carbocycles. The lowest BCUT2D eigenvalue weighted by molar-refractivity contribution is -0.127. The maximum Gasteiger partial charge on any atom is 0.340 e. The van der Waals surface area contributed by atoms with Crippen molar-refractivity contribution in [1.82, 2.24) is 15.6 Å². The standard InChI is InChI=1S/C17H19N3O4S2/c1-3-18-17(23)20-15(21)11(2)24-16(22)13-6-4-5-7-14(13)26-9-12-8-25-10-19-12/h4-8,10-11H,3,9H2,1-2H3,(H2,18,20,21,23). The molecule has 7 nitrogen and oxygen atoms in total. The fraction of sp³-hybridized carbons (Fsp3) is 0.294. The zero-order chi connectivity index (χ0) is 18.9. The number of esters is 1. The van der Waals surface area contributed by atoms with Crippen LogP contribution in [0.5, 0.6) is 0 Å². The molecule has 2 N–H and O–H groups in total. The summed E-state index contributed by atoms with van der Waals surface area (Å²) in [4.78, 5) is 40.6. The number of hydrogen-bond donors (Lipinski definition) is 2. The summed E-state index contributed by atoms with van der Waals surface area (Å²) in [5.74, 6) is -0.678. The lowest BCUT2D eigenvalue weighted by atomic mass is 10.2. The van der Waals surface area contributed by atoms with E-state index in [2.05, 4.69) is 15.6 Å². The summed E-state index contributed by atoms with van der Waals surface area (Å²) in [6.45, 7) is 3.53. The lowest BCUT2D eigenvalue weighted by Gasteiger charge is -2.14. The molecular weight excluding hydrogens is 374 g/mol. The molecule has 0 saturated heterocycles. The van der Waals surface area contributed by atoms with Gasteiger partial charge in [0, 0.05) is 22.6 Å². The Morgan fingerprint density at radius 3 is 2.77 bits per heavy atom. The van der Waals surface area contributed by atoms with Crippen LogP contribution in [-0.4, -0.2) is 35.5 Å². The molecule has 138 valence electrons. The van der Waals surface area contributed by atoms with E-state index in [-0.39, 0.29) is 0 Å². The minimum atomic E-state index is -1.10. The minimum absolute atomic E-state index is 0.366. The highest BCUT2D eigenvalue weighted by Crippen LogP contribution is 2.27. The van der Waals surface area contributed by atoms with E-state index in [0.717, 1.165) is 10.6 Å². The number of rotatable bonds is 7. The van der Waals surface area contributed by atoms with Crippen molar-refractivity contribution in [3.05, 3.63) is 46.4 Å². The Labute approximate surface area is 159 Å². The van der Waals surface area contributed by atoms with Crippen LogP contribution in [0.3, 0.4) is 0 Å². The third kappa shape index (κ3) is 5.85. The van der Waals surface area contributed by atoms with Crippen LogP contribution >= 0.6 is 23.1 Å². The highest BCUT2D eigenvalue weighted by atomic mass is 32.2. The summed E-state index contributed by atoms with van der Waals surface area (Å²) >= 11 is 2.98. The number of amides is 3. The molecule has 0 spiro atoms. The molecule has 0 aliphatic rings. The summed E-state index contributed by atoms with van der Waals surface area (Å²) in [5.41, 5.74) is 3.05. The van der Waals surface area contributed by atoms with Crippen LogP contribution in [0, 0.1) is 0 Å². The van der Waals surface area contributed by atoms with Crippen LogP contribution in [0.25, 0.3) is 0 Å². The average molecular weight is 393 g/mol. The third-order valence-electron chi connectivity index (χ3n) is 3.19. The van der Waals surface area contributed by atoms with Crippen molar-refractivity contribution >= 4 is 41.0 Å². The van der Waals surface area contributed by atoms with Crippen molar-refractivity contribution in [2.45, 2.75) is 30.6 Å². The fourth-order valence-corrected chi connectivity index (χ4v) is 3.52. The molecule has 0 fully saturated rings. The zero-order valence-electron chi connectivity index (χ0n) is 14.4. The van der Waals surface area contributed by atoms with Crippen LogP contribution in [0.2, 0.25) is 0 Å². The molecule has 0 bridgehead atoms. The number of urea groups is 1. The molecule has 2 aromatic rings. The lowest BCUT2D eigenvalue weighted by Crippen LogP contribution is -2.44. The van der Waals surface area contributed by atoms with Crippen molar-refractivity contribution in [3.63, 3.8) is 0 Å². The first-order valence-electron chi connectivity index (χ1n) is 7.89. The second kappa shape index (κ2) is 9.93. The van der Waals surface area contributed by atoms with Gasteiger partial charge in [-0.3, -0.25) is 10.1 Å². The van der Waals surface area contributed by atoms with Gasteiger partial charge in [0.05, 0.1) is 16.8 Å². The van der Waals surface area contributed by atoms with Gasteiger partial charge in [0.15, 0.2) is 6.10 Å². The highest BCUT2D eigenvalue weighted by molar-refractivity contribution is 7.98. The SMILES string of the molecule is CCNC(=O)NC(=O)C(C)OC(=O)c1ccccc1SCc1cscn1. The number of aromatic nitrogens is 1. The summed E-state index contributed by atoms with van der Waals surface area (Å²) < 4.78 is 5.20. The Morgan fingerprint density at radius 1 is 1.31 bits per heavy atom. The topological polar surface area (TPSA) is 97.4 Å². The average Bonchev–Trinajstić information content (AvgIpc) is 3.13. The molecule has 1 aromatic heterocycles. The van der Waals surface area contributed by atoms with Crippen molar-refractivity contribution in [2.75, 3.05) is 6.54 Å². The van der Waals surface area contributed by atoms with E-state index >= 15 is 0 Å². The normalized spacial score (nSPS) is 11.5. The predicted octanol–water partition coefficient (Wildman–Crippen LogP) is 2.83. The number of carbonyl (C=O) groups excluding carboxylic acids is 3. The van der Waals surface area contributed by atoms with Gasteiger partial charge in [0.2, 0.25) is 0 Å². The van der Waals surface area contributed by atoms with Crippen molar-refractivity contribution in [3.8, 4) is 0 Å². The zero-order valence-corrected chi connectivity index (χ0v) is 16.0. The van der Waals surface area contributed by atoms with Gasteiger partial charge in [-0.2, -0.15) is 0 Å². The molecule has 0 radical (unpaired) electrons. The van der Waals surface area contributed by atoms with Crippen molar-refractivity contribution in [2.24, 2.45) is 0 Å². The van der Waals surface area contributed by atoms with E-state index in [1.54, 1.807) is 24.6 Å². The molecule has 26 heavy (non-hydrogen) atoms. The molecule has 1 atom stereocenters. The maximum atomic E-state index is 12.4. The quantitative estimate of drug-likeness (QED) is 0.555. The molecular formula is C17H19N3O4S2. The number of imide groups is 1. The van der Waals surface area contributed by atoms with Gasteiger partial charge in [0.25, 0.3) is 5.91 Å². The molecule has 1 unspecified atom stereocenters. The first-order valence-corrected chi connectivity index (χ1v) is 9.82. The van der Waals surface area contributed by atoms with Crippen LogP contribution in [0.15, 0.2) is 40.1 Å².